The molecule has 1 aromatic carbocycles. The van der Waals surface area contributed by atoms with Gasteiger partial charge in [0.15, 0.2) is 6.10 Å². The molecular weight excluding hydrogens is 217 g/mol. The summed E-state index contributed by atoms with van der Waals surface area (Å²) in [5.41, 5.74) is 0.702. The van der Waals surface area contributed by atoms with E-state index in [4.69, 9.17) is 5.11 Å². The lowest BCUT2D eigenvalue weighted by Crippen LogP contribution is -2.20. The predicted molar refractivity (Wildman–Crippen MR) is 56.2 cm³/mol. The first kappa shape index (κ1) is 13.0. The van der Waals surface area contributed by atoms with Crippen LogP contribution in [-0.4, -0.2) is 11.3 Å². The van der Waals surface area contributed by atoms with Gasteiger partial charge >= 0.3 is 6.18 Å². The first-order valence-corrected chi connectivity index (χ1v) is 4.97. The van der Waals surface area contributed by atoms with Crippen LogP contribution in [0.25, 0.3) is 0 Å². The van der Waals surface area contributed by atoms with E-state index < -0.39 is 12.3 Å². The van der Waals surface area contributed by atoms with Crippen molar-refractivity contribution in [2.45, 2.75) is 38.5 Å². The molecule has 1 nitrogen and oxygen atoms in total. The molecule has 0 unspecified atom stereocenters. The molecule has 4 heteroatoms. The molecule has 0 aliphatic rings. The number of hydrogen-bond donors (Lipinski definition) is 1. The number of aliphatic hydroxyl groups is 1. The van der Waals surface area contributed by atoms with Gasteiger partial charge < -0.3 is 5.11 Å². The number of rotatable bonds is 1. The molecule has 0 amide bonds. The number of halogens is 3. The fraction of sp³-hybridized carbons (Fsp3) is 0.500. The lowest BCUT2D eigenvalue weighted by molar-refractivity contribution is -0.206. The minimum atomic E-state index is -4.61. The van der Waals surface area contributed by atoms with Gasteiger partial charge in [-0.3, -0.25) is 0 Å². The highest BCUT2D eigenvalue weighted by Crippen LogP contribution is 2.33. The Hall–Kier alpha value is -1.03. The topological polar surface area (TPSA) is 20.2 Å². The summed E-state index contributed by atoms with van der Waals surface area (Å²) in [6.07, 6.45) is -7.01. The van der Waals surface area contributed by atoms with Gasteiger partial charge in [-0.05, 0) is 16.5 Å². The quantitative estimate of drug-likeness (QED) is 0.784. The zero-order chi connectivity index (χ0) is 12.6. The van der Waals surface area contributed by atoms with Crippen molar-refractivity contribution in [2.75, 3.05) is 0 Å². The third-order valence-electron chi connectivity index (χ3n) is 2.40. The maximum absolute atomic E-state index is 12.2. The Kier molecular flexibility index (Phi) is 3.33. The Labute approximate surface area is 92.9 Å². The highest BCUT2D eigenvalue weighted by molar-refractivity contribution is 5.29. The fourth-order valence-corrected chi connectivity index (χ4v) is 1.35. The first-order valence-electron chi connectivity index (χ1n) is 4.97. The second-order valence-electron chi connectivity index (χ2n) is 4.82. The van der Waals surface area contributed by atoms with Gasteiger partial charge in [-0.2, -0.15) is 13.2 Å². The predicted octanol–water partition coefficient (Wildman–Crippen LogP) is 3.58. The number of benzene rings is 1. The van der Waals surface area contributed by atoms with Crippen molar-refractivity contribution < 1.29 is 18.3 Å². The molecule has 0 aromatic heterocycles. The van der Waals surface area contributed by atoms with Crippen LogP contribution in [-0.2, 0) is 5.41 Å². The summed E-state index contributed by atoms with van der Waals surface area (Å²) in [4.78, 5) is 0. The van der Waals surface area contributed by atoms with E-state index in [0.29, 0.717) is 0 Å². The maximum Gasteiger partial charge on any atom is 0.418 e. The van der Waals surface area contributed by atoms with Gasteiger partial charge in [0.05, 0.1) is 0 Å². The highest BCUT2D eigenvalue weighted by atomic mass is 19.4. The van der Waals surface area contributed by atoms with Crippen LogP contribution in [0.3, 0.4) is 0 Å². The van der Waals surface area contributed by atoms with Crippen LogP contribution in [0.2, 0.25) is 0 Å². The van der Waals surface area contributed by atoms with Crippen LogP contribution >= 0.6 is 0 Å². The van der Waals surface area contributed by atoms with Gasteiger partial charge in [-0.1, -0.05) is 45.0 Å². The van der Waals surface area contributed by atoms with Gasteiger partial charge in [-0.25, -0.2) is 0 Å². The summed E-state index contributed by atoms with van der Waals surface area (Å²) in [6.45, 7) is 5.92. The number of hydrogen-bond acceptors (Lipinski definition) is 1. The standard InChI is InChI=1S/C12H15F3O/c1-11(2,3)9-6-4-8(5-7-9)10(16)12(13,14)15/h4-7,10,16H,1-3H3/t10-/m1/s1. The lowest BCUT2D eigenvalue weighted by atomic mass is 9.86. The molecule has 0 aliphatic heterocycles. The molecule has 0 spiro atoms. The summed E-state index contributed by atoms with van der Waals surface area (Å²) in [6, 6.07) is 5.87. The zero-order valence-electron chi connectivity index (χ0n) is 9.47. The van der Waals surface area contributed by atoms with Crippen molar-refractivity contribution >= 4 is 0 Å². The van der Waals surface area contributed by atoms with Crippen LogP contribution in [0.5, 0.6) is 0 Å². The number of aliphatic hydroxyl groups excluding tert-OH is 1. The summed E-state index contributed by atoms with van der Waals surface area (Å²) < 4.78 is 36.7. The molecule has 0 radical (unpaired) electrons. The second-order valence-corrected chi connectivity index (χ2v) is 4.82. The normalized spacial score (nSPS) is 14.9. The van der Waals surface area contributed by atoms with Crippen LogP contribution in [0.15, 0.2) is 24.3 Å². The Morgan fingerprint density at radius 1 is 1.00 bits per heavy atom. The SMILES string of the molecule is CC(C)(C)c1ccc([C@@H](O)C(F)(F)F)cc1. The molecular formula is C12H15F3O. The van der Waals surface area contributed by atoms with E-state index in [9.17, 15) is 13.2 Å². The van der Waals surface area contributed by atoms with E-state index in [1.807, 2.05) is 20.8 Å². The maximum atomic E-state index is 12.2. The van der Waals surface area contributed by atoms with E-state index in [2.05, 4.69) is 0 Å². The van der Waals surface area contributed by atoms with Gasteiger partial charge in [0.2, 0.25) is 0 Å². The summed E-state index contributed by atoms with van der Waals surface area (Å²) in [5, 5.41) is 9.03. The van der Waals surface area contributed by atoms with Gasteiger partial charge in [0, 0.05) is 0 Å². The smallest absolute Gasteiger partial charge is 0.379 e. The minimum Gasteiger partial charge on any atom is -0.379 e. The molecule has 1 rings (SSSR count). The average Bonchev–Trinajstić information content (AvgIpc) is 2.14. The third kappa shape index (κ3) is 2.98. The van der Waals surface area contributed by atoms with Crippen molar-refractivity contribution in [1.29, 1.82) is 0 Å². The largest absolute Gasteiger partial charge is 0.418 e. The minimum absolute atomic E-state index is 0.109. The van der Waals surface area contributed by atoms with Crippen molar-refractivity contribution in [3.63, 3.8) is 0 Å². The van der Waals surface area contributed by atoms with Crippen LogP contribution in [0.1, 0.15) is 38.0 Å². The van der Waals surface area contributed by atoms with Gasteiger partial charge in [0.25, 0.3) is 0 Å². The molecule has 0 saturated carbocycles. The Morgan fingerprint density at radius 3 is 1.75 bits per heavy atom. The Bertz CT molecular complexity index is 346. The van der Waals surface area contributed by atoms with E-state index >= 15 is 0 Å². The summed E-state index contributed by atoms with van der Waals surface area (Å²) in [7, 11) is 0. The summed E-state index contributed by atoms with van der Waals surface area (Å²) >= 11 is 0. The van der Waals surface area contributed by atoms with Crippen molar-refractivity contribution in [3.8, 4) is 0 Å². The Balaban J connectivity index is 2.96. The molecule has 0 aliphatic carbocycles. The molecule has 0 bridgehead atoms. The van der Waals surface area contributed by atoms with Gasteiger partial charge in [-0.15, -0.1) is 0 Å². The second kappa shape index (κ2) is 4.09. The molecule has 1 N–H and O–H groups in total. The molecule has 0 heterocycles. The Morgan fingerprint density at radius 2 is 1.44 bits per heavy atom. The van der Waals surface area contributed by atoms with Crippen LogP contribution in [0.4, 0.5) is 13.2 Å². The van der Waals surface area contributed by atoms with Crippen molar-refractivity contribution in [2.24, 2.45) is 0 Å². The molecule has 0 fully saturated rings. The monoisotopic (exact) mass is 232 g/mol. The third-order valence-corrected chi connectivity index (χ3v) is 2.40. The van der Waals surface area contributed by atoms with E-state index in [1.165, 1.54) is 12.1 Å². The van der Waals surface area contributed by atoms with Crippen molar-refractivity contribution in [3.05, 3.63) is 35.4 Å². The summed E-state index contributed by atoms with van der Waals surface area (Å²) in [5.74, 6) is 0. The zero-order valence-corrected chi connectivity index (χ0v) is 9.47. The average molecular weight is 232 g/mol. The first-order chi connectivity index (χ1) is 7.12. The molecule has 90 valence electrons. The van der Waals surface area contributed by atoms with Gasteiger partial charge in [0.1, 0.15) is 0 Å². The number of alkyl halides is 3. The lowest BCUT2D eigenvalue weighted by Gasteiger charge is -2.20. The van der Waals surface area contributed by atoms with Crippen molar-refractivity contribution in [1.82, 2.24) is 0 Å². The fourth-order valence-electron chi connectivity index (χ4n) is 1.35. The van der Waals surface area contributed by atoms with E-state index in [1.54, 1.807) is 12.1 Å². The van der Waals surface area contributed by atoms with Crippen LogP contribution in [0, 0.1) is 0 Å². The highest BCUT2D eigenvalue weighted by Gasteiger charge is 2.39. The molecule has 1 aromatic rings. The van der Waals surface area contributed by atoms with Crippen LogP contribution < -0.4 is 0 Å². The molecule has 1 atom stereocenters. The molecule has 0 saturated heterocycles. The van der Waals surface area contributed by atoms with E-state index in [-0.39, 0.29) is 11.0 Å². The van der Waals surface area contributed by atoms with E-state index in [0.717, 1.165) is 5.56 Å². The molecule has 16 heavy (non-hydrogen) atoms.